The molecule has 1 atom stereocenters. The summed E-state index contributed by atoms with van der Waals surface area (Å²) in [5.74, 6) is -0.749. The molecule has 0 radical (unpaired) electrons. The summed E-state index contributed by atoms with van der Waals surface area (Å²) in [6.45, 7) is 0.302. The monoisotopic (exact) mass is 342 g/mol. The predicted octanol–water partition coefficient (Wildman–Crippen LogP) is 2.49. The number of alkyl halides is 3. The van der Waals surface area contributed by atoms with Gasteiger partial charge in [-0.3, -0.25) is 9.59 Å². The Hall–Kier alpha value is -2.05. The summed E-state index contributed by atoms with van der Waals surface area (Å²) in [5, 5.41) is 0. The minimum atomic E-state index is -4.43. The van der Waals surface area contributed by atoms with Gasteiger partial charge in [0.25, 0.3) is 0 Å². The van der Waals surface area contributed by atoms with Crippen molar-refractivity contribution in [3.8, 4) is 0 Å². The predicted molar refractivity (Wildman–Crippen MR) is 83.1 cm³/mol. The van der Waals surface area contributed by atoms with Crippen molar-refractivity contribution >= 4 is 11.8 Å². The van der Waals surface area contributed by atoms with Crippen molar-refractivity contribution < 1.29 is 22.8 Å². The van der Waals surface area contributed by atoms with Crippen LogP contribution >= 0.6 is 0 Å². The zero-order valence-corrected chi connectivity index (χ0v) is 13.6. The van der Waals surface area contributed by atoms with E-state index in [0.29, 0.717) is 13.0 Å². The third-order valence-electron chi connectivity index (χ3n) is 4.09. The summed E-state index contributed by atoms with van der Waals surface area (Å²) in [5.41, 5.74) is 1.11. The molecule has 1 aliphatic rings. The van der Waals surface area contributed by atoms with Gasteiger partial charge in [0.05, 0.1) is 6.54 Å². The standard InChI is InChI=1S/C17H21F3N2O2/c1-2-21(12-17(18,19)20)16(24)11-22-10-14(9-15(22)23)8-13-6-4-3-5-7-13/h3-7,14H,2,8-12H2,1H3/t14-/m0/s1. The van der Waals surface area contributed by atoms with Gasteiger partial charge in [0, 0.05) is 19.5 Å². The Kier molecular flexibility index (Phi) is 5.85. The molecule has 2 rings (SSSR count). The Morgan fingerprint density at radius 1 is 1.29 bits per heavy atom. The number of hydrogen-bond donors (Lipinski definition) is 0. The van der Waals surface area contributed by atoms with Crippen LogP contribution in [0.4, 0.5) is 13.2 Å². The van der Waals surface area contributed by atoms with Gasteiger partial charge in [-0.2, -0.15) is 13.2 Å². The number of likely N-dealkylation sites (tertiary alicyclic amines) is 1. The lowest BCUT2D eigenvalue weighted by atomic mass is 9.99. The first-order valence-corrected chi connectivity index (χ1v) is 7.94. The van der Waals surface area contributed by atoms with E-state index in [9.17, 15) is 22.8 Å². The van der Waals surface area contributed by atoms with Crippen molar-refractivity contribution in [3.05, 3.63) is 35.9 Å². The number of nitrogens with zero attached hydrogens (tertiary/aromatic N) is 2. The molecule has 1 heterocycles. The summed E-state index contributed by atoms with van der Waals surface area (Å²) in [7, 11) is 0. The number of carbonyl (C=O) groups is 2. The van der Waals surface area contributed by atoms with Crippen molar-refractivity contribution in [1.29, 1.82) is 0 Å². The number of rotatable bonds is 6. The zero-order chi connectivity index (χ0) is 17.7. The average molecular weight is 342 g/mol. The van der Waals surface area contributed by atoms with Gasteiger partial charge in [-0.1, -0.05) is 30.3 Å². The van der Waals surface area contributed by atoms with Crippen LogP contribution in [0, 0.1) is 5.92 Å². The topological polar surface area (TPSA) is 40.6 Å². The number of carbonyl (C=O) groups excluding carboxylic acids is 2. The number of hydrogen-bond acceptors (Lipinski definition) is 2. The first-order chi connectivity index (χ1) is 11.3. The third-order valence-corrected chi connectivity index (χ3v) is 4.09. The highest BCUT2D eigenvalue weighted by Gasteiger charge is 2.35. The van der Waals surface area contributed by atoms with Crippen LogP contribution in [0.1, 0.15) is 18.9 Å². The van der Waals surface area contributed by atoms with Crippen LogP contribution < -0.4 is 0 Å². The lowest BCUT2D eigenvalue weighted by Gasteiger charge is -2.25. The number of benzene rings is 1. The molecule has 0 aromatic heterocycles. The average Bonchev–Trinajstić information content (AvgIpc) is 2.84. The molecule has 132 valence electrons. The highest BCUT2D eigenvalue weighted by molar-refractivity contribution is 5.86. The van der Waals surface area contributed by atoms with Gasteiger partial charge in [-0.05, 0) is 24.8 Å². The summed E-state index contributed by atoms with van der Waals surface area (Å²) in [6, 6.07) is 9.70. The van der Waals surface area contributed by atoms with Crippen LogP contribution in [-0.2, 0) is 16.0 Å². The van der Waals surface area contributed by atoms with Gasteiger partial charge in [-0.25, -0.2) is 0 Å². The molecule has 2 amide bonds. The van der Waals surface area contributed by atoms with Gasteiger partial charge >= 0.3 is 6.18 Å². The van der Waals surface area contributed by atoms with E-state index < -0.39 is 18.6 Å². The van der Waals surface area contributed by atoms with Crippen LogP contribution in [0.15, 0.2) is 30.3 Å². The van der Waals surface area contributed by atoms with E-state index in [2.05, 4.69) is 0 Å². The van der Waals surface area contributed by atoms with Gasteiger partial charge in [0.1, 0.15) is 6.54 Å². The molecule has 24 heavy (non-hydrogen) atoms. The van der Waals surface area contributed by atoms with Gasteiger partial charge in [-0.15, -0.1) is 0 Å². The smallest absolute Gasteiger partial charge is 0.333 e. The normalized spacial score (nSPS) is 18.1. The van der Waals surface area contributed by atoms with E-state index in [1.807, 2.05) is 30.3 Å². The molecule has 1 aromatic rings. The number of likely N-dealkylation sites (N-methyl/N-ethyl adjacent to an activating group) is 1. The summed E-state index contributed by atoms with van der Waals surface area (Å²) >= 11 is 0. The molecule has 0 bridgehead atoms. The lowest BCUT2D eigenvalue weighted by Crippen LogP contribution is -2.44. The van der Waals surface area contributed by atoms with Crippen LogP contribution in [0.2, 0.25) is 0 Å². The molecule has 4 nitrogen and oxygen atoms in total. The highest BCUT2D eigenvalue weighted by Crippen LogP contribution is 2.22. The van der Waals surface area contributed by atoms with Crippen molar-refractivity contribution in [2.24, 2.45) is 5.92 Å². The molecule has 0 aliphatic carbocycles. The largest absolute Gasteiger partial charge is 0.406 e. The third kappa shape index (κ3) is 5.25. The Labute approximate surface area is 139 Å². The Morgan fingerprint density at radius 3 is 2.54 bits per heavy atom. The van der Waals surface area contributed by atoms with E-state index in [0.717, 1.165) is 16.9 Å². The van der Waals surface area contributed by atoms with E-state index in [-0.39, 0.29) is 24.9 Å². The second-order valence-corrected chi connectivity index (χ2v) is 6.06. The summed E-state index contributed by atoms with van der Waals surface area (Å²) in [6.07, 6.45) is -3.39. The molecule has 0 unspecified atom stereocenters. The molecule has 1 saturated heterocycles. The van der Waals surface area contributed by atoms with E-state index in [1.54, 1.807) is 0 Å². The Balaban J connectivity index is 1.90. The van der Waals surface area contributed by atoms with Crippen molar-refractivity contribution in [2.45, 2.75) is 25.9 Å². The van der Waals surface area contributed by atoms with Crippen LogP contribution in [0.5, 0.6) is 0 Å². The fraction of sp³-hybridized carbons (Fsp3) is 0.529. The molecule has 0 spiro atoms. The maximum atomic E-state index is 12.5. The lowest BCUT2D eigenvalue weighted by molar-refractivity contribution is -0.161. The molecule has 0 N–H and O–H groups in total. The molecule has 1 fully saturated rings. The zero-order valence-electron chi connectivity index (χ0n) is 13.6. The van der Waals surface area contributed by atoms with Crippen molar-refractivity contribution in [1.82, 2.24) is 9.80 Å². The first kappa shape index (κ1) is 18.3. The van der Waals surface area contributed by atoms with Crippen LogP contribution in [-0.4, -0.2) is 54.0 Å². The highest BCUT2D eigenvalue weighted by atomic mass is 19.4. The fourth-order valence-corrected chi connectivity index (χ4v) is 2.95. The molecule has 0 saturated carbocycles. The minimum Gasteiger partial charge on any atom is -0.333 e. The quantitative estimate of drug-likeness (QED) is 0.797. The van der Waals surface area contributed by atoms with Gasteiger partial charge in [0.15, 0.2) is 0 Å². The molecule has 1 aliphatic heterocycles. The van der Waals surface area contributed by atoms with Gasteiger partial charge < -0.3 is 9.80 Å². The maximum Gasteiger partial charge on any atom is 0.406 e. The summed E-state index contributed by atoms with van der Waals surface area (Å²) in [4.78, 5) is 26.2. The fourth-order valence-electron chi connectivity index (χ4n) is 2.95. The minimum absolute atomic E-state index is 0.0339. The second kappa shape index (κ2) is 7.68. The Morgan fingerprint density at radius 2 is 1.96 bits per heavy atom. The molecular weight excluding hydrogens is 321 g/mol. The summed E-state index contributed by atoms with van der Waals surface area (Å²) < 4.78 is 37.4. The van der Waals surface area contributed by atoms with Crippen molar-refractivity contribution in [3.63, 3.8) is 0 Å². The Bertz CT molecular complexity index is 575. The maximum absolute atomic E-state index is 12.5. The van der Waals surface area contributed by atoms with Crippen molar-refractivity contribution in [2.75, 3.05) is 26.2 Å². The number of halogens is 3. The second-order valence-electron chi connectivity index (χ2n) is 6.06. The number of amides is 2. The van der Waals surface area contributed by atoms with Crippen LogP contribution in [0.3, 0.4) is 0 Å². The van der Waals surface area contributed by atoms with E-state index in [4.69, 9.17) is 0 Å². The first-order valence-electron chi connectivity index (χ1n) is 7.94. The molecule has 1 aromatic carbocycles. The van der Waals surface area contributed by atoms with Crippen LogP contribution in [0.25, 0.3) is 0 Å². The SMILES string of the molecule is CCN(CC(F)(F)F)C(=O)CN1C[C@@H](Cc2ccccc2)CC1=O. The molecular formula is C17H21F3N2O2. The van der Waals surface area contributed by atoms with E-state index >= 15 is 0 Å². The van der Waals surface area contributed by atoms with E-state index in [1.165, 1.54) is 11.8 Å². The molecule has 7 heteroatoms. The van der Waals surface area contributed by atoms with Gasteiger partial charge in [0.2, 0.25) is 11.8 Å².